The van der Waals surface area contributed by atoms with Gasteiger partial charge >= 0.3 is 0 Å². The fourth-order valence-electron chi connectivity index (χ4n) is 5.39. The molecule has 2 aliphatic rings. The van der Waals surface area contributed by atoms with Crippen LogP contribution in [0.2, 0.25) is 0 Å². The summed E-state index contributed by atoms with van der Waals surface area (Å²) in [6, 6.07) is 15.3. The van der Waals surface area contributed by atoms with Gasteiger partial charge in [-0.3, -0.25) is 19.1 Å². The standard InChI is InChI=1S/C29H33N5O3/c1-19-9-4-6-12-22(19)28(36)34-16-14-25-23(18-34)26(31-32(25)3)29(37)33-15-8-11-21(17-33)27(35)30-24-13-7-5-10-20(24)2/h4-7,9-10,12-13,21H,8,11,14-18H2,1-3H3,(H,30,35)/t21-/m1/s1. The molecule has 1 fully saturated rings. The van der Waals surface area contributed by atoms with Gasteiger partial charge in [-0.25, -0.2) is 0 Å². The third-order valence-electron chi connectivity index (χ3n) is 7.59. The van der Waals surface area contributed by atoms with Crippen LogP contribution < -0.4 is 5.32 Å². The first kappa shape index (κ1) is 24.7. The summed E-state index contributed by atoms with van der Waals surface area (Å²) in [5.74, 6) is -0.548. The Morgan fingerprint density at radius 2 is 1.65 bits per heavy atom. The smallest absolute Gasteiger partial charge is 0.274 e. The second-order valence-corrected chi connectivity index (χ2v) is 10.1. The molecule has 1 aromatic heterocycles. The Bertz CT molecular complexity index is 1360. The summed E-state index contributed by atoms with van der Waals surface area (Å²) in [5, 5.41) is 7.62. The molecule has 2 aliphatic heterocycles. The van der Waals surface area contributed by atoms with Crippen LogP contribution in [0.1, 0.15) is 56.1 Å². The van der Waals surface area contributed by atoms with E-state index in [2.05, 4.69) is 10.4 Å². The van der Waals surface area contributed by atoms with Gasteiger partial charge in [0.1, 0.15) is 0 Å². The lowest BCUT2D eigenvalue weighted by atomic mass is 9.96. The summed E-state index contributed by atoms with van der Waals surface area (Å²) in [6.07, 6.45) is 2.14. The Balaban J connectivity index is 1.32. The van der Waals surface area contributed by atoms with E-state index >= 15 is 0 Å². The minimum absolute atomic E-state index is 0.0306. The van der Waals surface area contributed by atoms with Crippen LogP contribution in [0.25, 0.3) is 0 Å². The topological polar surface area (TPSA) is 87.5 Å². The number of aryl methyl sites for hydroxylation is 3. The van der Waals surface area contributed by atoms with E-state index in [4.69, 9.17) is 0 Å². The van der Waals surface area contributed by atoms with Crippen molar-refractivity contribution in [2.75, 3.05) is 25.0 Å². The maximum absolute atomic E-state index is 13.7. The number of carbonyl (C=O) groups excluding carboxylic acids is 3. The Labute approximate surface area is 217 Å². The third-order valence-corrected chi connectivity index (χ3v) is 7.59. The summed E-state index contributed by atoms with van der Waals surface area (Å²) in [4.78, 5) is 43.5. The number of para-hydroxylation sites is 1. The largest absolute Gasteiger partial charge is 0.336 e. The molecular weight excluding hydrogens is 466 g/mol. The number of amides is 3. The van der Waals surface area contributed by atoms with E-state index in [1.165, 1.54) is 0 Å². The van der Waals surface area contributed by atoms with Gasteiger partial charge in [0.25, 0.3) is 11.8 Å². The number of anilines is 1. The van der Waals surface area contributed by atoms with Crippen LogP contribution in [0.15, 0.2) is 48.5 Å². The van der Waals surface area contributed by atoms with Gasteiger partial charge in [0.15, 0.2) is 5.69 Å². The van der Waals surface area contributed by atoms with E-state index < -0.39 is 0 Å². The van der Waals surface area contributed by atoms with Crippen LogP contribution in [0.4, 0.5) is 5.69 Å². The zero-order valence-electron chi connectivity index (χ0n) is 21.7. The van der Waals surface area contributed by atoms with Crippen molar-refractivity contribution in [3.63, 3.8) is 0 Å². The Morgan fingerprint density at radius 3 is 2.41 bits per heavy atom. The molecule has 3 heterocycles. The van der Waals surface area contributed by atoms with Gasteiger partial charge in [-0.2, -0.15) is 5.10 Å². The van der Waals surface area contributed by atoms with Crippen molar-refractivity contribution in [3.05, 3.63) is 82.2 Å². The molecule has 2 aromatic carbocycles. The molecule has 0 spiro atoms. The number of hydrogen-bond donors (Lipinski definition) is 1. The Hall–Kier alpha value is -3.94. The predicted octanol–water partition coefficient (Wildman–Crippen LogP) is 3.73. The van der Waals surface area contributed by atoms with Gasteiger partial charge in [0.05, 0.1) is 12.5 Å². The second-order valence-electron chi connectivity index (χ2n) is 10.1. The van der Waals surface area contributed by atoms with Crippen LogP contribution in [-0.4, -0.2) is 56.9 Å². The zero-order chi connectivity index (χ0) is 26.1. The molecule has 0 radical (unpaired) electrons. The highest BCUT2D eigenvalue weighted by molar-refractivity contribution is 5.98. The molecule has 1 N–H and O–H groups in total. The summed E-state index contributed by atoms with van der Waals surface area (Å²) in [5.41, 5.74) is 5.61. The number of carbonyl (C=O) groups is 3. The summed E-state index contributed by atoms with van der Waals surface area (Å²) < 4.78 is 1.77. The SMILES string of the molecule is Cc1ccccc1NC(=O)[C@@H]1CCCN(C(=O)c2nn(C)c3c2CN(C(=O)c2ccccc2C)CC3)C1. The first-order chi connectivity index (χ1) is 17.8. The van der Waals surface area contributed by atoms with Crippen LogP contribution >= 0.6 is 0 Å². The maximum Gasteiger partial charge on any atom is 0.274 e. The lowest BCUT2D eigenvalue weighted by Crippen LogP contribution is -2.44. The maximum atomic E-state index is 13.7. The first-order valence-electron chi connectivity index (χ1n) is 12.9. The summed E-state index contributed by atoms with van der Waals surface area (Å²) in [7, 11) is 1.85. The van der Waals surface area contributed by atoms with Gasteiger partial charge in [-0.15, -0.1) is 0 Å². The van der Waals surface area contributed by atoms with Gasteiger partial charge in [0, 0.05) is 55.6 Å². The number of benzene rings is 2. The van der Waals surface area contributed by atoms with Gasteiger partial charge < -0.3 is 15.1 Å². The predicted molar refractivity (Wildman–Crippen MR) is 141 cm³/mol. The number of nitrogens with one attached hydrogen (secondary N) is 1. The second kappa shape index (κ2) is 10.2. The normalized spacial score (nSPS) is 17.3. The summed E-state index contributed by atoms with van der Waals surface area (Å²) in [6.45, 7) is 5.77. The highest BCUT2D eigenvalue weighted by atomic mass is 16.2. The molecule has 0 aliphatic carbocycles. The van der Waals surface area contributed by atoms with E-state index in [0.29, 0.717) is 43.9 Å². The number of rotatable bonds is 4. The quantitative estimate of drug-likeness (QED) is 0.593. The molecule has 8 heteroatoms. The van der Waals surface area contributed by atoms with Crippen molar-refractivity contribution in [1.82, 2.24) is 19.6 Å². The first-order valence-corrected chi connectivity index (χ1v) is 12.9. The van der Waals surface area contributed by atoms with Crippen LogP contribution in [0.5, 0.6) is 0 Å². The van der Waals surface area contributed by atoms with E-state index in [-0.39, 0.29) is 23.6 Å². The Kier molecular flexibility index (Phi) is 6.82. The molecule has 37 heavy (non-hydrogen) atoms. The molecule has 5 rings (SSSR count). The van der Waals surface area contributed by atoms with Crippen molar-refractivity contribution >= 4 is 23.4 Å². The number of nitrogens with zero attached hydrogens (tertiary/aromatic N) is 4. The molecule has 0 unspecified atom stereocenters. The van der Waals surface area contributed by atoms with E-state index in [1.54, 1.807) is 14.5 Å². The molecule has 192 valence electrons. The van der Waals surface area contributed by atoms with Gasteiger partial charge in [0.2, 0.25) is 5.91 Å². The lowest BCUT2D eigenvalue weighted by Gasteiger charge is -2.32. The Morgan fingerprint density at radius 1 is 0.919 bits per heavy atom. The molecule has 1 saturated heterocycles. The third kappa shape index (κ3) is 4.88. The highest BCUT2D eigenvalue weighted by Gasteiger charge is 2.35. The molecular formula is C29H33N5O3. The van der Waals surface area contributed by atoms with Crippen molar-refractivity contribution in [1.29, 1.82) is 0 Å². The van der Waals surface area contributed by atoms with Gasteiger partial charge in [-0.1, -0.05) is 36.4 Å². The van der Waals surface area contributed by atoms with E-state index in [1.807, 2.05) is 69.4 Å². The molecule has 3 aromatic rings. The fourth-order valence-corrected chi connectivity index (χ4v) is 5.39. The minimum Gasteiger partial charge on any atom is -0.336 e. The van der Waals surface area contributed by atoms with Crippen molar-refractivity contribution < 1.29 is 14.4 Å². The zero-order valence-corrected chi connectivity index (χ0v) is 21.7. The minimum atomic E-state index is -0.282. The molecule has 0 saturated carbocycles. The number of likely N-dealkylation sites (tertiary alicyclic amines) is 1. The monoisotopic (exact) mass is 499 g/mol. The lowest BCUT2D eigenvalue weighted by molar-refractivity contribution is -0.121. The highest BCUT2D eigenvalue weighted by Crippen LogP contribution is 2.27. The van der Waals surface area contributed by atoms with Crippen LogP contribution in [0, 0.1) is 19.8 Å². The number of fused-ring (bicyclic) bond motifs is 1. The van der Waals surface area contributed by atoms with E-state index in [0.717, 1.165) is 40.9 Å². The fraction of sp³-hybridized carbons (Fsp3) is 0.379. The molecule has 8 nitrogen and oxygen atoms in total. The number of aromatic nitrogens is 2. The van der Waals surface area contributed by atoms with Crippen molar-refractivity contribution in [3.8, 4) is 0 Å². The summed E-state index contributed by atoms with van der Waals surface area (Å²) >= 11 is 0. The number of hydrogen-bond acceptors (Lipinski definition) is 4. The molecule has 3 amide bonds. The molecule has 0 bridgehead atoms. The van der Waals surface area contributed by atoms with Gasteiger partial charge in [-0.05, 0) is 49.9 Å². The van der Waals surface area contributed by atoms with E-state index in [9.17, 15) is 14.4 Å². The van der Waals surface area contributed by atoms with Crippen molar-refractivity contribution in [2.45, 2.75) is 39.7 Å². The van der Waals surface area contributed by atoms with Crippen LogP contribution in [-0.2, 0) is 24.8 Å². The number of piperidine rings is 1. The molecule has 1 atom stereocenters. The van der Waals surface area contributed by atoms with Crippen LogP contribution in [0.3, 0.4) is 0 Å². The average molecular weight is 500 g/mol. The van der Waals surface area contributed by atoms with Crippen molar-refractivity contribution in [2.24, 2.45) is 13.0 Å². The average Bonchev–Trinajstić information content (AvgIpc) is 3.25.